The van der Waals surface area contributed by atoms with Gasteiger partial charge in [-0.05, 0) is 61.9 Å². The van der Waals surface area contributed by atoms with Gasteiger partial charge in [0.05, 0.1) is 44.2 Å². The van der Waals surface area contributed by atoms with Crippen LogP contribution in [-0.2, 0) is 4.74 Å². The molecule has 4 rings (SSSR count). The van der Waals surface area contributed by atoms with Gasteiger partial charge in [0.15, 0.2) is 5.78 Å². The second-order valence-electron chi connectivity index (χ2n) is 9.14. The number of benzene rings is 2. The van der Waals surface area contributed by atoms with Gasteiger partial charge < -0.3 is 24.3 Å². The molecule has 0 unspecified atom stereocenters. The van der Waals surface area contributed by atoms with Crippen LogP contribution >= 0.6 is 0 Å². The Kier molecular flexibility index (Phi) is 7.78. The zero-order valence-electron chi connectivity index (χ0n) is 20.9. The van der Waals surface area contributed by atoms with Crippen molar-refractivity contribution in [3.63, 3.8) is 0 Å². The van der Waals surface area contributed by atoms with E-state index in [1.54, 1.807) is 32.4 Å². The number of hydrogen-bond acceptors (Lipinski definition) is 7. The van der Waals surface area contributed by atoms with Gasteiger partial charge in [-0.25, -0.2) is 0 Å². The smallest absolute Gasteiger partial charge is 0.189 e. The number of morpholine rings is 1. The highest BCUT2D eigenvalue weighted by Gasteiger charge is 2.27. The number of carbonyl (C=O) groups is 1. The molecule has 2 aromatic carbocycles. The van der Waals surface area contributed by atoms with Gasteiger partial charge in [-0.3, -0.25) is 9.69 Å². The number of fused-ring (bicyclic) bond motifs is 1. The van der Waals surface area contributed by atoms with Gasteiger partial charge in [0, 0.05) is 26.2 Å². The second kappa shape index (κ2) is 11.0. The van der Waals surface area contributed by atoms with E-state index in [1.165, 1.54) is 0 Å². The molecule has 35 heavy (non-hydrogen) atoms. The summed E-state index contributed by atoms with van der Waals surface area (Å²) in [6, 6.07) is 9.39. The molecule has 0 amide bonds. The number of allylic oxidation sites excluding steroid dienone is 1. The lowest BCUT2D eigenvalue weighted by Crippen LogP contribution is -2.39. The summed E-state index contributed by atoms with van der Waals surface area (Å²) in [5, 5.41) is 3.47. The molecule has 0 spiro atoms. The van der Waals surface area contributed by atoms with Gasteiger partial charge in [0.2, 0.25) is 0 Å². The third-order valence-corrected chi connectivity index (χ3v) is 6.16. The summed E-state index contributed by atoms with van der Waals surface area (Å²) < 4.78 is 22.5. The van der Waals surface area contributed by atoms with Gasteiger partial charge in [-0.2, -0.15) is 0 Å². The SMILES string of the molecule is COc1ccc(C=CC(=O)c2ccc(OC)c3c2OC(C)(C)C=C3)cc1NCCN1CCOCC1. The summed E-state index contributed by atoms with van der Waals surface area (Å²) >= 11 is 0. The number of rotatable bonds is 9. The fourth-order valence-corrected chi connectivity index (χ4v) is 4.20. The van der Waals surface area contributed by atoms with Crippen molar-refractivity contribution >= 4 is 23.6 Å². The van der Waals surface area contributed by atoms with E-state index >= 15 is 0 Å². The molecule has 2 aromatic rings. The summed E-state index contributed by atoms with van der Waals surface area (Å²) in [5.41, 5.74) is 2.58. The fraction of sp³-hybridized carbons (Fsp3) is 0.393. The van der Waals surface area contributed by atoms with E-state index in [0.717, 1.165) is 62.0 Å². The Morgan fingerprint density at radius 2 is 1.86 bits per heavy atom. The Labute approximate surface area is 207 Å². The second-order valence-corrected chi connectivity index (χ2v) is 9.14. The molecule has 0 aromatic heterocycles. The molecule has 0 bridgehead atoms. The summed E-state index contributed by atoms with van der Waals surface area (Å²) in [7, 11) is 3.27. The number of carbonyl (C=O) groups excluding carboxylic acids is 1. The lowest BCUT2D eigenvalue weighted by Gasteiger charge is -2.29. The van der Waals surface area contributed by atoms with Gasteiger partial charge in [0.1, 0.15) is 22.8 Å². The molecule has 7 nitrogen and oxygen atoms in total. The molecule has 2 aliphatic rings. The number of hydrogen-bond donors (Lipinski definition) is 1. The van der Waals surface area contributed by atoms with Crippen molar-refractivity contribution in [2.45, 2.75) is 19.4 Å². The molecule has 0 radical (unpaired) electrons. The summed E-state index contributed by atoms with van der Waals surface area (Å²) in [6.45, 7) is 9.12. The van der Waals surface area contributed by atoms with Crippen LogP contribution in [0.1, 0.15) is 35.3 Å². The first kappa shape index (κ1) is 24.8. The first-order valence-electron chi connectivity index (χ1n) is 11.9. The van der Waals surface area contributed by atoms with Crippen LogP contribution in [0.15, 0.2) is 42.5 Å². The van der Waals surface area contributed by atoms with Crippen LogP contribution in [0.4, 0.5) is 5.69 Å². The Hall–Kier alpha value is -3.29. The van der Waals surface area contributed by atoms with E-state index in [4.69, 9.17) is 18.9 Å². The van der Waals surface area contributed by atoms with E-state index in [2.05, 4.69) is 10.2 Å². The lowest BCUT2D eigenvalue weighted by atomic mass is 9.97. The summed E-state index contributed by atoms with van der Waals surface area (Å²) in [4.78, 5) is 15.5. The number of methoxy groups -OCH3 is 2. The maximum Gasteiger partial charge on any atom is 0.189 e. The molecular formula is C28H34N2O5. The molecular weight excluding hydrogens is 444 g/mol. The van der Waals surface area contributed by atoms with Gasteiger partial charge in [0.25, 0.3) is 0 Å². The number of ether oxygens (including phenoxy) is 4. The van der Waals surface area contributed by atoms with Gasteiger partial charge in [-0.1, -0.05) is 12.1 Å². The zero-order valence-corrected chi connectivity index (χ0v) is 20.9. The first-order valence-corrected chi connectivity index (χ1v) is 11.9. The van der Waals surface area contributed by atoms with Crippen molar-refractivity contribution in [1.29, 1.82) is 0 Å². The Bertz CT molecular complexity index is 1120. The highest BCUT2D eigenvalue weighted by molar-refractivity contribution is 6.09. The number of nitrogens with one attached hydrogen (secondary N) is 1. The molecule has 0 saturated carbocycles. The van der Waals surface area contributed by atoms with Crippen LogP contribution in [0.2, 0.25) is 0 Å². The number of ketones is 1. The average molecular weight is 479 g/mol. The van der Waals surface area contributed by atoms with E-state index in [1.807, 2.05) is 50.3 Å². The largest absolute Gasteiger partial charge is 0.496 e. The normalized spacial score (nSPS) is 17.0. The lowest BCUT2D eigenvalue weighted by molar-refractivity contribution is 0.0398. The zero-order chi connectivity index (χ0) is 24.8. The predicted molar refractivity (Wildman–Crippen MR) is 139 cm³/mol. The van der Waals surface area contributed by atoms with Crippen molar-refractivity contribution in [2.75, 3.05) is 58.9 Å². The highest BCUT2D eigenvalue weighted by Crippen LogP contribution is 2.40. The van der Waals surface area contributed by atoms with Gasteiger partial charge in [-0.15, -0.1) is 0 Å². The van der Waals surface area contributed by atoms with Crippen molar-refractivity contribution in [2.24, 2.45) is 0 Å². The topological polar surface area (TPSA) is 69.3 Å². The van der Waals surface area contributed by atoms with Crippen molar-refractivity contribution in [3.8, 4) is 17.2 Å². The Balaban J connectivity index is 1.49. The molecule has 2 aliphatic heterocycles. The average Bonchev–Trinajstić information content (AvgIpc) is 2.86. The monoisotopic (exact) mass is 478 g/mol. The summed E-state index contributed by atoms with van der Waals surface area (Å²) in [6.07, 6.45) is 7.31. The minimum Gasteiger partial charge on any atom is -0.496 e. The minimum absolute atomic E-state index is 0.132. The molecule has 1 N–H and O–H groups in total. The molecule has 186 valence electrons. The Morgan fingerprint density at radius 1 is 1.11 bits per heavy atom. The van der Waals surface area contributed by atoms with E-state index in [9.17, 15) is 4.79 Å². The predicted octanol–water partition coefficient (Wildman–Crippen LogP) is 4.53. The van der Waals surface area contributed by atoms with Crippen LogP contribution in [0.5, 0.6) is 17.2 Å². The van der Waals surface area contributed by atoms with Crippen LogP contribution in [0.3, 0.4) is 0 Å². The highest BCUT2D eigenvalue weighted by atomic mass is 16.5. The third kappa shape index (κ3) is 6.05. The third-order valence-electron chi connectivity index (χ3n) is 6.16. The standard InChI is InChI=1S/C28H34N2O5/c1-28(2)12-11-22-25(32-3)10-7-21(27(22)35-28)24(31)8-5-20-6-9-26(33-4)23(19-20)29-13-14-30-15-17-34-18-16-30/h5-12,19,29H,13-18H2,1-4H3. The molecule has 1 saturated heterocycles. The van der Waals surface area contributed by atoms with Crippen LogP contribution in [0, 0.1) is 0 Å². The molecule has 7 heteroatoms. The maximum atomic E-state index is 13.2. The van der Waals surface area contributed by atoms with Crippen LogP contribution in [0.25, 0.3) is 12.2 Å². The van der Waals surface area contributed by atoms with E-state index in [0.29, 0.717) is 17.1 Å². The van der Waals surface area contributed by atoms with Crippen LogP contribution in [-0.4, -0.2) is 69.9 Å². The Morgan fingerprint density at radius 3 is 2.60 bits per heavy atom. The summed E-state index contributed by atoms with van der Waals surface area (Å²) in [5.74, 6) is 1.86. The van der Waals surface area contributed by atoms with E-state index < -0.39 is 5.60 Å². The van der Waals surface area contributed by atoms with Crippen molar-refractivity contribution < 1.29 is 23.7 Å². The van der Waals surface area contributed by atoms with E-state index in [-0.39, 0.29) is 5.78 Å². The molecule has 2 heterocycles. The van der Waals surface area contributed by atoms with Gasteiger partial charge >= 0.3 is 0 Å². The molecule has 1 fully saturated rings. The minimum atomic E-state index is -0.504. The van der Waals surface area contributed by atoms with Crippen molar-refractivity contribution in [3.05, 3.63) is 59.2 Å². The maximum absolute atomic E-state index is 13.2. The fourth-order valence-electron chi connectivity index (χ4n) is 4.20. The first-order chi connectivity index (χ1) is 16.9. The number of nitrogens with zero attached hydrogens (tertiary/aromatic N) is 1. The van der Waals surface area contributed by atoms with Crippen molar-refractivity contribution in [1.82, 2.24) is 4.90 Å². The number of anilines is 1. The quantitative estimate of drug-likeness (QED) is 0.420. The molecule has 0 aliphatic carbocycles. The molecule has 0 atom stereocenters. The van der Waals surface area contributed by atoms with Crippen LogP contribution < -0.4 is 19.5 Å².